The van der Waals surface area contributed by atoms with Crippen LogP contribution in [0.3, 0.4) is 0 Å². The smallest absolute Gasteiger partial charge is 0.340 e. The molecule has 1 fully saturated rings. The number of anilines is 2. The number of ether oxygens (including phenoxy) is 1. The predicted octanol–water partition coefficient (Wildman–Crippen LogP) is 1.90. The van der Waals surface area contributed by atoms with Crippen molar-refractivity contribution in [1.29, 1.82) is 0 Å². The molecule has 0 aromatic heterocycles. The van der Waals surface area contributed by atoms with E-state index in [0.29, 0.717) is 17.9 Å². The van der Waals surface area contributed by atoms with Crippen LogP contribution in [-0.2, 0) is 9.57 Å². The number of nitrogen functional groups attached to an aromatic ring is 1. The maximum absolute atomic E-state index is 11.7. The Morgan fingerprint density at radius 2 is 2.22 bits per heavy atom. The van der Waals surface area contributed by atoms with Gasteiger partial charge in [0.05, 0.1) is 25.0 Å². The number of hydrogen-bond donors (Lipinski definition) is 1. The van der Waals surface area contributed by atoms with Gasteiger partial charge in [0.15, 0.2) is 0 Å². The number of nitrogens with zero attached hydrogens (tertiary/aromatic N) is 1. The minimum absolute atomic E-state index is 0.390. The van der Waals surface area contributed by atoms with Crippen LogP contribution in [0.2, 0.25) is 0 Å². The number of hydrogen-bond acceptors (Lipinski definition) is 5. The summed E-state index contributed by atoms with van der Waals surface area (Å²) < 4.78 is 4.74. The van der Waals surface area contributed by atoms with Gasteiger partial charge in [-0.05, 0) is 37.5 Å². The number of benzene rings is 1. The molecule has 2 rings (SSSR count). The van der Waals surface area contributed by atoms with Crippen LogP contribution in [-0.4, -0.2) is 26.2 Å². The van der Waals surface area contributed by atoms with Crippen LogP contribution in [0, 0.1) is 6.92 Å². The molecule has 1 saturated heterocycles. The molecule has 0 atom stereocenters. The van der Waals surface area contributed by atoms with Crippen molar-refractivity contribution in [3.05, 3.63) is 23.3 Å². The number of methoxy groups -OCH3 is 1. The van der Waals surface area contributed by atoms with Gasteiger partial charge in [0.1, 0.15) is 0 Å². The molecule has 1 aliphatic heterocycles. The van der Waals surface area contributed by atoms with Crippen LogP contribution in [0.5, 0.6) is 0 Å². The van der Waals surface area contributed by atoms with Crippen molar-refractivity contribution in [3.63, 3.8) is 0 Å². The zero-order chi connectivity index (χ0) is 13.1. The number of rotatable bonds is 2. The molecule has 1 heterocycles. The molecule has 1 aromatic rings. The normalized spacial score (nSPS) is 15.6. The van der Waals surface area contributed by atoms with Crippen molar-refractivity contribution >= 4 is 17.3 Å². The van der Waals surface area contributed by atoms with Crippen molar-refractivity contribution in [2.24, 2.45) is 0 Å². The van der Waals surface area contributed by atoms with Crippen LogP contribution < -0.4 is 10.8 Å². The standard InChI is InChI=1S/C13H18N2O3/c1-9-7-10(15-5-3-4-6-18-15)8-11(12(9)14)13(16)17-2/h7-8H,3-6,14H2,1-2H3. The summed E-state index contributed by atoms with van der Waals surface area (Å²) in [5, 5.41) is 1.81. The van der Waals surface area contributed by atoms with E-state index in [1.54, 1.807) is 6.07 Å². The zero-order valence-electron chi connectivity index (χ0n) is 10.7. The largest absolute Gasteiger partial charge is 0.465 e. The zero-order valence-corrected chi connectivity index (χ0v) is 10.7. The highest BCUT2D eigenvalue weighted by Gasteiger charge is 2.18. The third-order valence-corrected chi connectivity index (χ3v) is 3.07. The molecule has 0 amide bonds. The predicted molar refractivity (Wildman–Crippen MR) is 69.5 cm³/mol. The van der Waals surface area contributed by atoms with Gasteiger partial charge in [-0.2, -0.15) is 0 Å². The number of carbonyl (C=O) groups is 1. The molecule has 5 heteroatoms. The fourth-order valence-electron chi connectivity index (χ4n) is 2.00. The van der Waals surface area contributed by atoms with Crippen LogP contribution >= 0.6 is 0 Å². The lowest BCUT2D eigenvalue weighted by molar-refractivity contribution is 0.0601. The summed E-state index contributed by atoms with van der Waals surface area (Å²) in [5.74, 6) is -0.422. The first kappa shape index (κ1) is 12.7. The van der Waals surface area contributed by atoms with Crippen molar-refractivity contribution in [2.45, 2.75) is 19.8 Å². The Balaban J connectivity index is 2.36. The topological polar surface area (TPSA) is 64.8 Å². The lowest BCUT2D eigenvalue weighted by Gasteiger charge is -2.28. The van der Waals surface area contributed by atoms with Gasteiger partial charge in [-0.3, -0.25) is 9.90 Å². The van der Waals surface area contributed by atoms with E-state index in [4.69, 9.17) is 15.3 Å². The Kier molecular flexibility index (Phi) is 3.72. The Labute approximate surface area is 106 Å². The van der Waals surface area contributed by atoms with Gasteiger partial charge in [-0.15, -0.1) is 0 Å². The summed E-state index contributed by atoms with van der Waals surface area (Å²) >= 11 is 0. The number of aryl methyl sites for hydroxylation is 1. The third kappa shape index (κ3) is 2.41. The molecule has 1 aromatic carbocycles. The molecule has 0 saturated carbocycles. The maximum atomic E-state index is 11.7. The monoisotopic (exact) mass is 250 g/mol. The van der Waals surface area contributed by atoms with Gasteiger partial charge in [-0.1, -0.05) is 0 Å². The second-order valence-corrected chi connectivity index (χ2v) is 4.36. The fraction of sp³-hybridized carbons (Fsp3) is 0.462. The quantitative estimate of drug-likeness (QED) is 0.641. The third-order valence-electron chi connectivity index (χ3n) is 3.07. The molecule has 0 bridgehead atoms. The maximum Gasteiger partial charge on any atom is 0.340 e. The fourth-order valence-corrected chi connectivity index (χ4v) is 2.00. The lowest BCUT2D eigenvalue weighted by Crippen LogP contribution is -2.30. The molecule has 0 spiro atoms. The van der Waals surface area contributed by atoms with Gasteiger partial charge in [0, 0.05) is 12.2 Å². The Morgan fingerprint density at radius 3 is 2.83 bits per heavy atom. The van der Waals surface area contributed by atoms with E-state index in [1.165, 1.54) is 7.11 Å². The minimum Gasteiger partial charge on any atom is -0.465 e. The molecule has 18 heavy (non-hydrogen) atoms. The first-order chi connectivity index (χ1) is 8.63. The second-order valence-electron chi connectivity index (χ2n) is 4.36. The van der Waals surface area contributed by atoms with E-state index in [1.807, 2.05) is 18.1 Å². The summed E-state index contributed by atoms with van der Waals surface area (Å²) in [4.78, 5) is 17.2. The molecule has 1 aliphatic rings. The molecule has 0 aliphatic carbocycles. The summed E-state index contributed by atoms with van der Waals surface area (Å²) in [6.07, 6.45) is 2.14. The number of hydroxylamine groups is 1. The average molecular weight is 250 g/mol. The summed E-state index contributed by atoms with van der Waals surface area (Å²) in [5.41, 5.74) is 8.45. The number of carbonyl (C=O) groups excluding carboxylic acids is 1. The highest BCUT2D eigenvalue weighted by Crippen LogP contribution is 2.27. The molecule has 0 radical (unpaired) electrons. The van der Waals surface area contributed by atoms with Gasteiger partial charge in [-0.25, -0.2) is 4.79 Å². The van der Waals surface area contributed by atoms with Gasteiger partial charge in [0.25, 0.3) is 0 Å². The first-order valence-corrected chi connectivity index (χ1v) is 6.02. The van der Waals surface area contributed by atoms with Crippen molar-refractivity contribution in [2.75, 3.05) is 31.1 Å². The second kappa shape index (κ2) is 5.27. The SMILES string of the molecule is COC(=O)c1cc(N2CCCCO2)cc(C)c1N. The summed E-state index contributed by atoms with van der Waals surface area (Å²) in [6, 6.07) is 3.65. The Hall–Kier alpha value is -1.75. The molecular weight excluding hydrogens is 232 g/mol. The summed E-state index contributed by atoms with van der Waals surface area (Å²) in [7, 11) is 1.35. The van der Waals surface area contributed by atoms with Crippen LogP contribution in [0.4, 0.5) is 11.4 Å². The van der Waals surface area contributed by atoms with E-state index < -0.39 is 5.97 Å². The van der Waals surface area contributed by atoms with Crippen molar-refractivity contribution < 1.29 is 14.4 Å². The van der Waals surface area contributed by atoms with E-state index in [-0.39, 0.29) is 0 Å². The molecule has 5 nitrogen and oxygen atoms in total. The highest BCUT2D eigenvalue weighted by atomic mass is 16.7. The van der Waals surface area contributed by atoms with E-state index in [0.717, 1.165) is 30.6 Å². The average Bonchev–Trinajstić information content (AvgIpc) is 2.41. The van der Waals surface area contributed by atoms with Gasteiger partial charge in [0.2, 0.25) is 0 Å². The van der Waals surface area contributed by atoms with Gasteiger partial charge < -0.3 is 10.5 Å². The van der Waals surface area contributed by atoms with E-state index >= 15 is 0 Å². The van der Waals surface area contributed by atoms with E-state index in [2.05, 4.69) is 0 Å². The Bertz CT molecular complexity index is 454. The lowest BCUT2D eigenvalue weighted by atomic mass is 10.1. The first-order valence-electron chi connectivity index (χ1n) is 6.02. The van der Waals surface area contributed by atoms with Gasteiger partial charge >= 0.3 is 5.97 Å². The number of esters is 1. The molecular formula is C13H18N2O3. The van der Waals surface area contributed by atoms with Crippen LogP contribution in [0.25, 0.3) is 0 Å². The number of nitrogens with two attached hydrogens (primary N) is 1. The van der Waals surface area contributed by atoms with Crippen molar-refractivity contribution in [3.8, 4) is 0 Å². The van der Waals surface area contributed by atoms with E-state index in [9.17, 15) is 4.79 Å². The van der Waals surface area contributed by atoms with Crippen LogP contribution in [0.15, 0.2) is 12.1 Å². The summed E-state index contributed by atoms with van der Waals surface area (Å²) in [6.45, 7) is 3.40. The Morgan fingerprint density at radius 1 is 1.44 bits per heavy atom. The minimum atomic E-state index is -0.422. The molecule has 0 unspecified atom stereocenters. The highest BCUT2D eigenvalue weighted by molar-refractivity contribution is 5.97. The van der Waals surface area contributed by atoms with Crippen molar-refractivity contribution in [1.82, 2.24) is 0 Å². The molecule has 2 N–H and O–H groups in total. The van der Waals surface area contributed by atoms with Crippen LogP contribution in [0.1, 0.15) is 28.8 Å². The molecule has 98 valence electrons.